The van der Waals surface area contributed by atoms with Crippen LogP contribution in [0.4, 0.5) is 0 Å². The van der Waals surface area contributed by atoms with E-state index in [9.17, 15) is 13.2 Å². The molecule has 0 aromatic carbocycles. The molecule has 1 aromatic rings. The molecule has 2 heterocycles. The average Bonchev–Trinajstić information content (AvgIpc) is 2.85. The lowest BCUT2D eigenvalue weighted by atomic mass is 10.1. The molecule has 0 radical (unpaired) electrons. The van der Waals surface area contributed by atoms with Crippen molar-refractivity contribution in [2.75, 3.05) is 13.1 Å². The van der Waals surface area contributed by atoms with Crippen molar-refractivity contribution >= 4 is 15.9 Å². The molecule has 1 saturated heterocycles. The van der Waals surface area contributed by atoms with Gasteiger partial charge in [-0.25, -0.2) is 13.1 Å². The molecule has 0 saturated carbocycles. The Morgan fingerprint density at radius 3 is 2.52 bits per heavy atom. The van der Waals surface area contributed by atoms with E-state index in [4.69, 9.17) is 0 Å². The minimum Gasteiger partial charge on any atom is -0.343 e. The number of rotatable bonds is 6. The fourth-order valence-corrected chi connectivity index (χ4v) is 4.62. The molecule has 1 fully saturated rings. The van der Waals surface area contributed by atoms with Gasteiger partial charge in [0.15, 0.2) is 0 Å². The van der Waals surface area contributed by atoms with Crippen molar-refractivity contribution < 1.29 is 13.2 Å². The molecule has 0 atom stereocenters. The Bertz CT molecular complexity index is 626. The molecule has 0 spiro atoms. The number of aryl methyl sites for hydroxylation is 2. The number of aromatic nitrogens is 2. The van der Waals surface area contributed by atoms with Crippen LogP contribution >= 0.6 is 0 Å². The molecule has 1 aliphatic rings. The van der Waals surface area contributed by atoms with Gasteiger partial charge in [0, 0.05) is 25.6 Å². The molecule has 0 aliphatic carbocycles. The van der Waals surface area contributed by atoms with Crippen molar-refractivity contribution in [2.24, 2.45) is 0 Å². The van der Waals surface area contributed by atoms with Crippen LogP contribution in [0, 0.1) is 13.8 Å². The third-order valence-electron chi connectivity index (χ3n) is 4.24. The molecule has 0 unspecified atom stereocenters. The molecule has 1 amide bonds. The highest BCUT2D eigenvalue weighted by Gasteiger charge is 2.29. The summed E-state index contributed by atoms with van der Waals surface area (Å²) >= 11 is 0. The van der Waals surface area contributed by atoms with Gasteiger partial charge in [-0.05, 0) is 33.1 Å². The molecule has 130 valence electrons. The summed E-state index contributed by atoms with van der Waals surface area (Å²) < 4.78 is 27.8. The Labute approximate surface area is 137 Å². The number of unbranched alkanes of at least 4 members (excludes halogenated alkanes) is 1. The number of carbonyl (C=O) groups is 1. The van der Waals surface area contributed by atoms with Gasteiger partial charge >= 0.3 is 0 Å². The van der Waals surface area contributed by atoms with Gasteiger partial charge in [-0.2, -0.15) is 5.10 Å². The minimum absolute atomic E-state index is 0.135. The predicted molar refractivity (Wildman–Crippen MR) is 87.5 cm³/mol. The van der Waals surface area contributed by atoms with Crippen LogP contribution in [-0.2, 0) is 14.8 Å². The maximum Gasteiger partial charge on any atom is 0.244 e. The number of H-pyrrole nitrogens is 1. The number of nitrogens with one attached hydrogen (secondary N) is 2. The van der Waals surface area contributed by atoms with E-state index in [0.717, 1.165) is 12.8 Å². The van der Waals surface area contributed by atoms with Gasteiger partial charge in [0.2, 0.25) is 15.9 Å². The number of likely N-dealkylation sites (tertiary alicyclic amines) is 1. The maximum absolute atomic E-state index is 12.5. The third-order valence-corrected chi connectivity index (χ3v) is 6.03. The Morgan fingerprint density at radius 1 is 1.35 bits per heavy atom. The largest absolute Gasteiger partial charge is 0.343 e. The summed E-state index contributed by atoms with van der Waals surface area (Å²) in [4.78, 5) is 14.1. The second-order valence-corrected chi connectivity index (χ2v) is 7.79. The lowest BCUT2D eigenvalue weighted by Gasteiger charge is -2.32. The molecule has 23 heavy (non-hydrogen) atoms. The summed E-state index contributed by atoms with van der Waals surface area (Å²) in [6.45, 7) is 6.66. The van der Waals surface area contributed by atoms with Gasteiger partial charge in [0.25, 0.3) is 0 Å². The summed E-state index contributed by atoms with van der Waals surface area (Å²) in [7, 11) is -3.58. The summed E-state index contributed by atoms with van der Waals surface area (Å²) in [5, 5.41) is 6.64. The number of aromatic amines is 1. The zero-order valence-corrected chi connectivity index (χ0v) is 14.9. The van der Waals surface area contributed by atoms with Crippen molar-refractivity contribution in [1.82, 2.24) is 19.8 Å². The van der Waals surface area contributed by atoms with Crippen molar-refractivity contribution in [3.63, 3.8) is 0 Å². The summed E-state index contributed by atoms with van der Waals surface area (Å²) in [6.07, 6.45) is 3.79. The van der Waals surface area contributed by atoms with Crippen LogP contribution in [0.25, 0.3) is 0 Å². The number of piperidine rings is 1. The van der Waals surface area contributed by atoms with E-state index < -0.39 is 10.0 Å². The topological polar surface area (TPSA) is 95.2 Å². The van der Waals surface area contributed by atoms with Gasteiger partial charge in [0.1, 0.15) is 4.90 Å². The zero-order chi connectivity index (χ0) is 17.0. The van der Waals surface area contributed by atoms with E-state index in [-0.39, 0.29) is 16.8 Å². The van der Waals surface area contributed by atoms with E-state index in [0.29, 0.717) is 43.7 Å². The number of hydrogen-bond acceptors (Lipinski definition) is 4. The first-order valence-electron chi connectivity index (χ1n) is 8.16. The fraction of sp³-hybridized carbons (Fsp3) is 0.733. The van der Waals surface area contributed by atoms with Gasteiger partial charge < -0.3 is 4.90 Å². The quantitative estimate of drug-likeness (QED) is 0.819. The molecule has 0 bridgehead atoms. The van der Waals surface area contributed by atoms with Gasteiger partial charge in [-0.15, -0.1) is 0 Å². The molecule has 8 heteroatoms. The first kappa shape index (κ1) is 17.9. The number of hydrogen-bond donors (Lipinski definition) is 2. The van der Waals surface area contributed by atoms with E-state index in [1.54, 1.807) is 13.8 Å². The van der Waals surface area contributed by atoms with Crippen LogP contribution < -0.4 is 4.72 Å². The maximum atomic E-state index is 12.5. The molecule has 2 rings (SSSR count). The number of sulfonamides is 1. The Morgan fingerprint density at radius 2 is 2.00 bits per heavy atom. The lowest BCUT2D eigenvalue weighted by molar-refractivity contribution is -0.132. The highest BCUT2D eigenvalue weighted by Crippen LogP contribution is 2.19. The van der Waals surface area contributed by atoms with Gasteiger partial charge in [-0.1, -0.05) is 13.3 Å². The molecule has 1 aliphatic heterocycles. The van der Waals surface area contributed by atoms with E-state index in [2.05, 4.69) is 21.8 Å². The fourth-order valence-electron chi connectivity index (χ4n) is 2.95. The average molecular weight is 342 g/mol. The van der Waals surface area contributed by atoms with Crippen LogP contribution in [0.5, 0.6) is 0 Å². The minimum atomic E-state index is -3.58. The second kappa shape index (κ2) is 7.44. The van der Waals surface area contributed by atoms with Crippen LogP contribution in [0.15, 0.2) is 4.90 Å². The standard InChI is InChI=1S/C15H26N4O3S/c1-4-5-6-14(20)19-9-7-13(8-10-19)18-23(21,22)15-11(2)16-17-12(15)3/h13,18H,4-10H2,1-3H3,(H,16,17). The highest BCUT2D eigenvalue weighted by atomic mass is 32.2. The Balaban J connectivity index is 1.93. The van der Waals surface area contributed by atoms with Crippen molar-refractivity contribution in [1.29, 1.82) is 0 Å². The SMILES string of the molecule is CCCCC(=O)N1CCC(NS(=O)(=O)c2c(C)n[nH]c2C)CC1. The van der Waals surface area contributed by atoms with Crippen LogP contribution in [-0.4, -0.2) is 48.6 Å². The number of amides is 1. The molecule has 7 nitrogen and oxygen atoms in total. The normalized spacial score (nSPS) is 16.7. The Kier molecular flexibility index (Phi) is 5.80. The van der Waals surface area contributed by atoms with E-state index >= 15 is 0 Å². The first-order chi connectivity index (χ1) is 10.8. The predicted octanol–water partition coefficient (Wildman–Crippen LogP) is 1.49. The van der Waals surface area contributed by atoms with Crippen LogP contribution in [0.1, 0.15) is 50.4 Å². The molecular formula is C15H26N4O3S. The van der Waals surface area contributed by atoms with Gasteiger partial charge in [-0.3, -0.25) is 9.89 Å². The lowest BCUT2D eigenvalue weighted by Crippen LogP contribution is -2.46. The zero-order valence-electron chi connectivity index (χ0n) is 14.1. The molecular weight excluding hydrogens is 316 g/mol. The second-order valence-electron chi connectivity index (χ2n) is 6.14. The van der Waals surface area contributed by atoms with Crippen LogP contribution in [0.3, 0.4) is 0 Å². The monoisotopic (exact) mass is 342 g/mol. The first-order valence-corrected chi connectivity index (χ1v) is 9.65. The van der Waals surface area contributed by atoms with Crippen molar-refractivity contribution in [3.8, 4) is 0 Å². The summed E-state index contributed by atoms with van der Waals surface area (Å²) in [5.74, 6) is 0.176. The van der Waals surface area contributed by atoms with Crippen LogP contribution in [0.2, 0.25) is 0 Å². The third kappa shape index (κ3) is 4.32. The Hall–Kier alpha value is -1.41. The molecule has 1 aromatic heterocycles. The van der Waals surface area contributed by atoms with Crippen molar-refractivity contribution in [2.45, 2.75) is 63.8 Å². The van der Waals surface area contributed by atoms with Crippen molar-refractivity contribution in [3.05, 3.63) is 11.4 Å². The smallest absolute Gasteiger partial charge is 0.244 e. The summed E-state index contributed by atoms with van der Waals surface area (Å²) in [6, 6.07) is -0.135. The van der Waals surface area contributed by atoms with Gasteiger partial charge in [0.05, 0.1) is 11.4 Å². The van der Waals surface area contributed by atoms with E-state index in [1.807, 2.05) is 4.90 Å². The number of nitrogens with zero attached hydrogens (tertiary/aromatic N) is 2. The molecule has 2 N–H and O–H groups in total. The summed E-state index contributed by atoms with van der Waals surface area (Å²) in [5.41, 5.74) is 1.02. The number of carbonyl (C=O) groups excluding carboxylic acids is 1. The van der Waals surface area contributed by atoms with E-state index in [1.165, 1.54) is 0 Å². The highest BCUT2D eigenvalue weighted by molar-refractivity contribution is 7.89.